The van der Waals surface area contributed by atoms with Crippen molar-refractivity contribution in [1.29, 1.82) is 0 Å². The van der Waals surface area contributed by atoms with Gasteiger partial charge >= 0.3 is 0 Å². The summed E-state index contributed by atoms with van der Waals surface area (Å²) in [5, 5.41) is 3.45. The summed E-state index contributed by atoms with van der Waals surface area (Å²) in [4.78, 5) is 0. The first-order valence-electron chi connectivity index (χ1n) is 6.64. The van der Waals surface area contributed by atoms with Crippen molar-refractivity contribution in [1.82, 2.24) is 5.32 Å². The Hall–Kier alpha value is -0.510. The molecule has 5 heteroatoms. The van der Waals surface area contributed by atoms with E-state index in [0.717, 1.165) is 32.4 Å². The van der Waals surface area contributed by atoms with E-state index < -0.39 is 5.82 Å². The third kappa shape index (κ3) is 3.53. The molecule has 1 aliphatic rings. The molecule has 1 unspecified atom stereocenters. The normalized spacial score (nSPS) is 20.5. The van der Waals surface area contributed by atoms with Gasteiger partial charge in [0.25, 0.3) is 0 Å². The van der Waals surface area contributed by atoms with Crippen molar-refractivity contribution in [2.75, 3.05) is 13.1 Å². The maximum absolute atomic E-state index is 14.0. The van der Waals surface area contributed by atoms with Crippen LogP contribution in [0.2, 0.25) is 10.0 Å². The van der Waals surface area contributed by atoms with E-state index in [1.54, 1.807) is 12.1 Å². The molecule has 0 spiro atoms. The van der Waals surface area contributed by atoms with E-state index in [1.807, 2.05) is 0 Å². The molecule has 0 saturated carbocycles. The van der Waals surface area contributed by atoms with E-state index in [9.17, 15) is 4.39 Å². The number of hydrogen-bond acceptors (Lipinski definition) is 2. The molecule has 2 atom stereocenters. The zero-order valence-corrected chi connectivity index (χ0v) is 12.4. The lowest BCUT2D eigenvalue weighted by Crippen LogP contribution is -2.29. The number of benzene rings is 1. The highest BCUT2D eigenvalue weighted by atomic mass is 35.5. The van der Waals surface area contributed by atoms with Gasteiger partial charge in [0.15, 0.2) is 11.6 Å². The van der Waals surface area contributed by atoms with Gasteiger partial charge in [0.1, 0.15) is 6.10 Å². The molecule has 0 aromatic heterocycles. The fraction of sp³-hybridized carbons (Fsp3) is 0.571. The van der Waals surface area contributed by atoms with Crippen molar-refractivity contribution in [3.63, 3.8) is 0 Å². The first-order chi connectivity index (χ1) is 9.13. The predicted molar refractivity (Wildman–Crippen MR) is 76.7 cm³/mol. The fourth-order valence-corrected chi connectivity index (χ4v) is 2.73. The molecule has 1 N–H and O–H groups in total. The van der Waals surface area contributed by atoms with Gasteiger partial charge < -0.3 is 10.1 Å². The number of ether oxygens (including phenoxy) is 1. The van der Waals surface area contributed by atoms with Crippen LogP contribution >= 0.6 is 23.2 Å². The van der Waals surface area contributed by atoms with Crippen molar-refractivity contribution >= 4 is 23.2 Å². The minimum Gasteiger partial charge on any atom is -0.487 e. The first-order valence-corrected chi connectivity index (χ1v) is 7.40. The van der Waals surface area contributed by atoms with Crippen LogP contribution in [0.1, 0.15) is 26.2 Å². The molecule has 19 heavy (non-hydrogen) atoms. The Morgan fingerprint density at radius 2 is 2.26 bits per heavy atom. The third-order valence-corrected chi connectivity index (χ3v) is 4.26. The summed E-state index contributed by atoms with van der Waals surface area (Å²) < 4.78 is 19.8. The zero-order valence-electron chi connectivity index (χ0n) is 10.9. The smallest absolute Gasteiger partial charge is 0.185 e. The quantitative estimate of drug-likeness (QED) is 0.819. The van der Waals surface area contributed by atoms with Crippen molar-refractivity contribution < 1.29 is 9.13 Å². The average molecular weight is 306 g/mol. The lowest BCUT2D eigenvalue weighted by Gasteiger charge is -2.24. The summed E-state index contributed by atoms with van der Waals surface area (Å²) >= 11 is 11.6. The summed E-state index contributed by atoms with van der Waals surface area (Å²) in [5.74, 6) is 0.0507. The van der Waals surface area contributed by atoms with E-state index in [0.29, 0.717) is 5.92 Å². The third-order valence-electron chi connectivity index (χ3n) is 3.48. The predicted octanol–water partition coefficient (Wildman–Crippen LogP) is 4.29. The topological polar surface area (TPSA) is 21.3 Å². The molecule has 1 aromatic rings. The second-order valence-electron chi connectivity index (χ2n) is 4.87. The van der Waals surface area contributed by atoms with Gasteiger partial charge in [0.05, 0.1) is 10.0 Å². The van der Waals surface area contributed by atoms with E-state index in [2.05, 4.69) is 12.2 Å². The molecule has 1 aliphatic heterocycles. The molecule has 1 aromatic carbocycles. The van der Waals surface area contributed by atoms with Crippen LogP contribution in [0, 0.1) is 11.7 Å². The molecule has 0 amide bonds. The Bertz CT molecular complexity index is 436. The minimum atomic E-state index is -0.568. The number of rotatable bonds is 5. The van der Waals surface area contributed by atoms with Crippen LogP contribution < -0.4 is 10.1 Å². The van der Waals surface area contributed by atoms with Gasteiger partial charge in [-0.15, -0.1) is 0 Å². The standard InChI is InChI=1S/C14H18Cl2FNO/c1-2-3-11(9-6-7-18-8-9)19-12-5-4-10(15)13(16)14(12)17/h4-5,9,11,18H,2-3,6-8H2,1H3/t9?,11-/m0/s1. The maximum atomic E-state index is 14.0. The van der Waals surface area contributed by atoms with Gasteiger partial charge in [-0.1, -0.05) is 36.5 Å². The van der Waals surface area contributed by atoms with E-state index >= 15 is 0 Å². The van der Waals surface area contributed by atoms with Crippen LogP contribution in [0.15, 0.2) is 12.1 Å². The molecule has 2 nitrogen and oxygen atoms in total. The highest BCUT2D eigenvalue weighted by Crippen LogP contribution is 2.33. The second-order valence-corrected chi connectivity index (χ2v) is 5.66. The van der Waals surface area contributed by atoms with Gasteiger partial charge in [0.2, 0.25) is 0 Å². The Labute approximate surface area is 123 Å². The molecule has 1 fully saturated rings. The fourth-order valence-electron chi connectivity index (χ4n) is 2.43. The average Bonchev–Trinajstić information content (AvgIpc) is 2.92. The number of halogens is 3. The summed E-state index contributed by atoms with van der Waals surface area (Å²) in [6.07, 6.45) is 3.00. The van der Waals surface area contributed by atoms with Crippen molar-refractivity contribution in [3.8, 4) is 5.75 Å². The lowest BCUT2D eigenvalue weighted by atomic mass is 9.97. The first kappa shape index (κ1) is 14.9. The van der Waals surface area contributed by atoms with Crippen LogP contribution in [0.25, 0.3) is 0 Å². The molecule has 0 aliphatic carbocycles. The van der Waals surface area contributed by atoms with Crippen LogP contribution in [0.3, 0.4) is 0 Å². The molecular weight excluding hydrogens is 288 g/mol. The molecule has 0 radical (unpaired) electrons. The maximum Gasteiger partial charge on any atom is 0.185 e. The molecular formula is C14H18Cl2FNO. The number of nitrogens with one attached hydrogen (secondary N) is 1. The van der Waals surface area contributed by atoms with Gasteiger partial charge in [-0.3, -0.25) is 0 Å². The monoisotopic (exact) mass is 305 g/mol. The zero-order chi connectivity index (χ0) is 13.8. The van der Waals surface area contributed by atoms with Gasteiger partial charge in [-0.25, -0.2) is 4.39 Å². The SMILES string of the molecule is CCC[C@H](Oc1ccc(Cl)c(Cl)c1F)C1CCNC1. The van der Waals surface area contributed by atoms with E-state index in [4.69, 9.17) is 27.9 Å². The molecule has 1 heterocycles. The highest BCUT2D eigenvalue weighted by Gasteiger charge is 2.27. The van der Waals surface area contributed by atoms with Crippen LogP contribution in [0.4, 0.5) is 4.39 Å². The Morgan fingerprint density at radius 1 is 1.47 bits per heavy atom. The molecule has 1 saturated heterocycles. The highest BCUT2D eigenvalue weighted by molar-refractivity contribution is 6.42. The van der Waals surface area contributed by atoms with Crippen molar-refractivity contribution in [2.24, 2.45) is 5.92 Å². The lowest BCUT2D eigenvalue weighted by molar-refractivity contribution is 0.127. The van der Waals surface area contributed by atoms with Gasteiger partial charge in [-0.2, -0.15) is 0 Å². The summed E-state index contributed by atoms with van der Waals surface area (Å²) in [5.41, 5.74) is 0. The molecule has 0 bridgehead atoms. The summed E-state index contributed by atoms with van der Waals surface area (Å²) in [6, 6.07) is 3.12. The van der Waals surface area contributed by atoms with Crippen molar-refractivity contribution in [2.45, 2.75) is 32.3 Å². The number of hydrogen-bond donors (Lipinski definition) is 1. The molecule has 2 rings (SSSR count). The van der Waals surface area contributed by atoms with E-state index in [1.165, 1.54) is 0 Å². The Kier molecular flexibility index (Phi) is 5.31. The van der Waals surface area contributed by atoms with Gasteiger partial charge in [0, 0.05) is 12.5 Å². The second kappa shape index (κ2) is 6.78. The van der Waals surface area contributed by atoms with Crippen LogP contribution in [-0.4, -0.2) is 19.2 Å². The minimum absolute atomic E-state index is 0.0201. The Morgan fingerprint density at radius 3 is 2.89 bits per heavy atom. The summed E-state index contributed by atoms with van der Waals surface area (Å²) in [7, 11) is 0. The van der Waals surface area contributed by atoms with E-state index in [-0.39, 0.29) is 21.9 Å². The van der Waals surface area contributed by atoms with Crippen LogP contribution in [0.5, 0.6) is 5.75 Å². The largest absolute Gasteiger partial charge is 0.487 e. The van der Waals surface area contributed by atoms with Gasteiger partial charge in [-0.05, 0) is 31.5 Å². The molecule has 106 valence electrons. The Balaban J connectivity index is 2.14. The van der Waals surface area contributed by atoms with Crippen molar-refractivity contribution in [3.05, 3.63) is 28.0 Å². The van der Waals surface area contributed by atoms with Crippen LogP contribution in [-0.2, 0) is 0 Å². The summed E-state index contributed by atoms with van der Waals surface area (Å²) in [6.45, 7) is 4.02.